The number of hydrogen-bond donors (Lipinski definition) is 1. The lowest BCUT2D eigenvalue weighted by Gasteiger charge is -2.32. The van der Waals surface area contributed by atoms with E-state index in [9.17, 15) is 5.26 Å². The first-order valence-electron chi connectivity index (χ1n) is 6.72. The zero-order valence-electron chi connectivity index (χ0n) is 11.6. The molecule has 102 valence electrons. The number of nitriles is 1. The number of benzene rings is 1. The fourth-order valence-corrected chi connectivity index (χ4v) is 2.46. The third-order valence-corrected chi connectivity index (χ3v) is 3.78. The van der Waals surface area contributed by atoms with Crippen LogP contribution in [0.4, 0.5) is 11.4 Å². The average molecular weight is 259 g/mol. The molecule has 2 N–H and O–H groups in total. The van der Waals surface area contributed by atoms with E-state index in [1.165, 1.54) is 12.8 Å². The van der Waals surface area contributed by atoms with Crippen LogP contribution in [-0.4, -0.2) is 26.3 Å². The van der Waals surface area contributed by atoms with Crippen molar-refractivity contribution in [3.63, 3.8) is 0 Å². The van der Waals surface area contributed by atoms with Crippen molar-refractivity contribution in [2.75, 3.05) is 30.9 Å². The maximum absolute atomic E-state index is 9.29. The van der Waals surface area contributed by atoms with Gasteiger partial charge in [0.05, 0.1) is 17.9 Å². The van der Waals surface area contributed by atoms with Crippen molar-refractivity contribution in [2.24, 2.45) is 5.92 Å². The van der Waals surface area contributed by atoms with E-state index in [1.54, 1.807) is 13.2 Å². The topological polar surface area (TPSA) is 62.3 Å². The lowest BCUT2D eigenvalue weighted by molar-refractivity contribution is 0.202. The summed E-state index contributed by atoms with van der Waals surface area (Å²) in [6, 6.07) is 8.23. The van der Waals surface area contributed by atoms with Gasteiger partial charge >= 0.3 is 0 Å². The third-order valence-electron chi connectivity index (χ3n) is 3.78. The van der Waals surface area contributed by atoms with Gasteiger partial charge in [0.1, 0.15) is 6.07 Å². The highest BCUT2D eigenvalue weighted by atomic mass is 16.5. The van der Waals surface area contributed by atoms with Crippen LogP contribution in [0.15, 0.2) is 18.2 Å². The summed E-state index contributed by atoms with van der Waals surface area (Å²) in [6.07, 6.45) is 2.56. The Morgan fingerprint density at radius 3 is 2.84 bits per heavy atom. The molecule has 1 atom stereocenters. The first-order chi connectivity index (χ1) is 9.17. The highest BCUT2D eigenvalue weighted by molar-refractivity contribution is 5.65. The number of nitrogen functional groups attached to an aromatic ring is 1. The van der Waals surface area contributed by atoms with Crippen molar-refractivity contribution in [1.82, 2.24) is 0 Å². The van der Waals surface area contributed by atoms with Crippen molar-refractivity contribution in [3.05, 3.63) is 23.8 Å². The molecule has 1 aliphatic carbocycles. The number of nitrogens with two attached hydrogens (primary N) is 1. The molecule has 19 heavy (non-hydrogen) atoms. The van der Waals surface area contributed by atoms with Crippen molar-refractivity contribution in [2.45, 2.75) is 25.8 Å². The van der Waals surface area contributed by atoms with Gasteiger partial charge in [-0.3, -0.25) is 0 Å². The second kappa shape index (κ2) is 5.94. The molecule has 1 unspecified atom stereocenters. The van der Waals surface area contributed by atoms with Crippen molar-refractivity contribution < 1.29 is 4.74 Å². The van der Waals surface area contributed by atoms with Crippen molar-refractivity contribution in [1.29, 1.82) is 5.26 Å². The molecule has 0 saturated heterocycles. The zero-order chi connectivity index (χ0) is 13.8. The van der Waals surface area contributed by atoms with Gasteiger partial charge in [-0.1, -0.05) is 0 Å². The third kappa shape index (κ3) is 3.18. The summed E-state index contributed by atoms with van der Waals surface area (Å²) in [5.41, 5.74) is 8.00. The molecule has 1 aromatic rings. The molecular weight excluding hydrogens is 238 g/mol. The second-order valence-corrected chi connectivity index (χ2v) is 5.15. The van der Waals surface area contributed by atoms with Crippen LogP contribution in [0.5, 0.6) is 0 Å². The SMILES string of the molecule is COCCN(c1ccc(N)cc1C#N)C(C)C1CC1. The Morgan fingerprint density at radius 2 is 2.26 bits per heavy atom. The molecule has 0 amide bonds. The van der Waals surface area contributed by atoms with Gasteiger partial charge in [-0.25, -0.2) is 0 Å². The van der Waals surface area contributed by atoms with Crippen LogP contribution in [0.3, 0.4) is 0 Å². The summed E-state index contributed by atoms with van der Waals surface area (Å²) in [6.45, 7) is 3.68. The Bertz CT molecular complexity index is 477. The first-order valence-corrected chi connectivity index (χ1v) is 6.72. The summed E-state index contributed by atoms with van der Waals surface area (Å²) >= 11 is 0. The summed E-state index contributed by atoms with van der Waals surface area (Å²) in [7, 11) is 1.70. The molecule has 1 fully saturated rings. The van der Waals surface area contributed by atoms with Gasteiger partial charge in [-0.05, 0) is 43.9 Å². The van der Waals surface area contributed by atoms with E-state index in [1.807, 2.05) is 12.1 Å². The lowest BCUT2D eigenvalue weighted by Crippen LogP contribution is -2.37. The maximum Gasteiger partial charge on any atom is 0.101 e. The van der Waals surface area contributed by atoms with Gasteiger partial charge in [0, 0.05) is 25.4 Å². The van der Waals surface area contributed by atoms with Crippen LogP contribution in [0.25, 0.3) is 0 Å². The van der Waals surface area contributed by atoms with Gasteiger partial charge in [-0.15, -0.1) is 0 Å². The Balaban J connectivity index is 2.28. The minimum absolute atomic E-state index is 0.436. The number of nitrogens with zero attached hydrogens (tertiary/aromatic N) is 2. The van der Waals surface area contributed by atoms with Crippen LogP contribution in [0, 0.1) is 17.2 Å². The van der Waals surface area contributed by atoms with Crippen molar-refractivity contribution >= 4 is 11.4 Å². The smallest absolute Gasteiger partial charge is 0.101 e. The molecule has 0 heterocycles. The minimum atomic E-state index is 0.436. The Morgan fingerprint density at radius 1 is 1.53 bits per heavy atom. The zero-order valence-corrected chi connectivity index (χ0v) is 11.6. The molecule has 0 aliphatic heterocycles. The van der Waals surface area contributed by atoms with Crippen molar-refractivity contribution in [3.8, 4) is 6.07 Å². The van der Waals surface area contributed by atoms with E-state index in [4.69, 9.17) is 10.5 Å². The van der Waals surface area contributed by atoms with Gasteiger partial charge in [-0.2, -0.15) is 5.26 Å². The lowest BCUT2D eigenvalue weighted by atomic mass is 10.1. The van der Waals surface area contributed by atoms with Gasteiger partial charge < -0.3 is 15.4 Å². The Labute approximate surface area is 114 Å². The predicted molar refractivity (Wildman–Crippen MR) is 77.0 cm³/mol. The number of rotatable bonds is 6. The standard InChI is InChI=1S/C15H21N3O/c1-11(12-3-4-12)18(7-8-19-2)15-6-5-14(17)9-13(15)10-16/h5-6,9,11-12H,3-4,7-8,17H2,1-2H3. The molecule has 0 bridgehead atoms. The summed E-state index contributed by atoms with van der Waals surface area (Å²) in [4.78, 5) is 2.28. The van der Waals surface area contributed by atoms with Crippen LogP contribution in [0.1, 0.15) is 25.3 Å². The molecule has 0 radical (unpaired) electrons. The van der Waals surface area contributed by atoms with E-state index < -0.39 is 0 Å². The molecule has 2 rings (SSSR count). The van der Waals surface area contributed by atoms with Crippen LogP contribution in [-0.2, 0) is 4.74 Å². The fraction of sp³-hybridized carbons (Fsp3) is 0.533. The number of anilines is 2. The van der Waals surface area contributed by atoms with Gasteiger partial charge in [0.2, 0.25) is 0 Å². The molecule has 1 aliphatic rings. The Kier molecular flexibility index (Phi) is 4.28. The first kappa shape index (κ1) is 13.7. The fourth-order valence-electron chi connectivity index (χ4n) is 2.46. The normalized spacial score (nSPS) is 15.8. The summed E-state index contributed by atoms with van der Waals surface area (Å²) in [5.74, 6) is 0.737. The average Bonchev–Trinajstić information content (AvgIpc) is 3.24. The maximum atomic E-state index is 9.29. The van der Waals surface area contributed by atoms with Crippen LogP contribution < -0.4 is 10.6 Å². The summed E-state index contributed by atoms with van der Waals surface area (Å²) < 4.78 is 5.19. The predicted octanol–water partition coefficient (Wildman–Crippen LogP) is 2.39. The molecule has 0 spiro atoms. The number of hydrogen-bond acceptors (Lipinski definition) is 4. The largest absolute Gasteiger partial charge is 0.399 e. The minimum Gasteiger partial charge on any atom is -0.399 e. The second-order valence-electron chi connectivity index (χ2n) is 5.15. The molecular formula is C15H21N3O. The number of ether oxygens (including phenoxy) is 1. The summed E-state index contributed by atoms with van der Waals surface area (Å²) in [5, 5.41) is 9.29. The van der Waals surface area contributed by atoms with Crippen LogP contribution >= 0.6 is 0 Å². The molecule has 4 nitrogen and oxygen atoms in total. The van der Waals surface area contributed by atoms with E-state index >= 15 is 0 Å². The van der Waals surface area contributed by atoms with Gasteiger partial charge in [0.15, 0.2) is 0 Å². The van der Waals surface area contributed by atoms with E-state index in [-0.39, 0.29) is 0 Å². The molecule has 1 saturated carbocycles. The molecule has 0 aromatic heterocycles. The molecule has 4 heteroatoms. The molecule has 1 aromatic carbocycles. The van der Waals surface area contributed by atoms with E-state index in [0.29, 0.717) is 23.9 Å². The van der Waals surface area contributed by atoms with Gasteiger partial charge in [0.25, 0.3) is 0 Å². The number of methoxy groups -OCH3 is 1. The Hall–Kier alpha value is -1.73. The van der Waals surface area contributed by atoms with Crippen LogP contribution in [0.2, 0.25) is 0 Å². The quantitative estimate of drug-likeness (QED) is 0.797. The highest BCUT2D eigenvalue weighted by Gasteiger charge is 2.32. The van der Waals surface area contributed by atoms with E-state index in [0.717, 1.165) is 18.2 Å². The van der Waals surface area contributed by atoms with E-state index in [2.05, 4.69) is 17.9 Å². The highest BCUT2D eigenvalue weighted by Crippen LogP contribution is 2.37. The monoisotopic (exact) mass is 259 g/mol.